The number of hydrogen-bond donors (Lipinski definition) is 1. The molecule has 2 aromatic rings. The standard InChI is InChI=1S/C10H7N5O2S/c1-6-12-10(18-14-6)13-9-3-2-8(15(16)17)4-7(9)5-11/h2-4H,1H3,(H,12,13,14). The van der Waals surface area contributed by atoms with Crippen LogP contribution in [0.3, 0.4) is 0 Å². The second-order valence-electron chi connectivity index (χ2n) is 3.37. The molecule has 0 radical (unpaired) electrons. The molecule has 0 aliphatic heterocycles. The minimum absolute atomic E-state index is 0.120. The van der Waals surface area contributed by atoms with Gasteiger partial charge in [-0.1, -0.05) is 0 Å². The monoisotopic (exact) mass is 261 g/mol. The number of nitrogens with one attached hydrogen (secondary N) is 1. The molecule has 7 nitrogen and oxygen atoms in total. The van der Waals surface area contributed by atoms with Gasteiger partial charge in [-0.05, 0) is 13.0 Å². The number of nitrogens with zero attached hydrogens (tertiary/aromatic N) is 4. The second kappa shape index (κ2) is 4.77. The van der Waals surface area contributed by atoms with Crippen molar-refractivity contribution < 1.29 is 4.92 Å². The lowest BCUT2D eigenvalue weighted by molar-refractivity contribution is -0.384. The van der Waals surface area contributed by atoms with Gasteiger partial charge >= 0.3 is 0 Å². The maximum atomic E-state index is 10.6. The number of anilines is 2. The number of nitriles is 1. The third kappa shape index (κ3) is 2.41. The van der Waals surface area contributed by atoms with Crippen molar-refractivity contribution in [3.63, 3.8) is 0 Å². The minimum atomic E-state index is -0.542. The van der Waals surface area contributed by atoms with Crippen molar-refractivity contribution in [1.29, 1.82) is 5.26 Å². The molecule has 0 unspecified atom stereocenters. The first-order valence-corrected chi connectivity index (χ1v) is 5.63. The van der Waals surface area contributed by atoms with Crippen LogP contribution in [0.1, 0.15) is 11.4 Å². The summed E-state index contributed by atoms with van der Waals surface area (Å²) in [6.07, 6.45) is 0. The maximum absolute atomic E-state index is 10.6. The van der Waals surface area contributed by atoms with E-state index in [1.165, 1.54) is 18.2 Å². The van der Waals surface area contributed by atoms with Gasteiger partial charge in [-0.3, -0.25) is 10.1 Å². The Kier molecular flexibility index (Phi) is 3.16. The average Bonchev–Trinajstić information content (AvgIpc) is 2.75. The summed E-state index contributed by atoms with van der Waals surface area (Å²) in [5.74, 6) is 0.628. The van der Waals surface area contributed by atoms with E-state index in [2.05, 4.69) is 14.7 Å². The van der Waals surface area contributed by atoms with E-state index in [0.29, 0.717) is 16.6 Å². The number of aromatic nitrogens is 2. The highest BCUT2D eigenvalue weighted by atomic mass is 32.1. The normalized spacial score (nSPS) is 9.78. The summed E-state index contributed by atoms with van der Waals surface area (Å²) < 4.78 is 3.99. The lowest BCUT2D eigenvalue weighted by Gasteiger charge is -2.03. The van der Waals surface area contributed by atoms with Crippen LogP contribution in [0.15, 0.2) is 18.2 Å². The van der Waals surface area contributed by atoms with E-state index in [1.807, 2.05) is 6.07 Å². The zero-order valence-electron chi connectivity index (χ0n) is 9.25. The molecule has 1 aromatic heterocycles. The van der Waals surface area contributed by atoms with Gasteiger partial charge in [0.25, 0.3) is 5.69 Å². The third-order valence-electron chi connectivity index (χ3n) is 2.10. The van der Waals surface area contributed by atoms with Crippen molar-refractivity contribution in [2.45, 2.75) is 6.92 Å². The predicted molar refractivity (Wildman–Crippen MR) is 65.7 cm³/mol. The Hall–Kier alpha value is -2.53. The highest BCUT2D eigenvalue weighted by Crippen LogP contribution is 2.25. The van der Waals surface area contributed by atoms with Gasteiger partial charge in [0.2, 0.25) is 5.13 Å². The predicted octanol–water partition coefficient (Wildman–Crippen LogP) is 2.37. The Morgan fingerprint density at radius 3 is 2.89 bits per heavy atom. The van der Waals surface area contributed by atoms with E-state index in [4.69, 9.17) is 5.26 Å². The molecular formula is C10H7N5O2S. The lowest BCUT2D eigenvalue weighted by atomic mass is 10.2. The Labute approximate surface area is 106 Å². The van der Waals surface area contributed by atoms with Crippen molar-refractivity contribution >= 4 is 28.0 Å². The molecule has 1 aromatic carbocycles. The molecular weight excluding hydrogens is 254 g/mol. The quantitative estimate of drug-likeness (QED) is 0.671. The fraction of sp³-hybridized carbons (Fsp3) is 0.100. The SMILES string of the molecule is Cc1nsc(Nc2ccc([N+](=O)[O-])cc2C#N)n1. The van der Waals surface area contributed by atoms with Gasteiger partial charge in [0.1, 0.15) is 11.9 Å². The Balaban J connectivity index is 2.34. The molecule has 0 spiro atoms. The molecule has 2 rings (SSSR count). The van der Waals surface area contributed by atoms with Gasteiger partial charge in [-0.2, -0.15) is 9.64 Å². The summed E-state index contributed by atoms with van der Waals surface area (Å²) in [5, 5.41) is 23.0. The van der Waals surface area contributed by atoms with Crippen molar-refractivity contribution in [3.8, 4) is 6.07 Å². The van der Waals surface area contributed by atoms with Crippen LogP contribution in [0.25, 0.3) is 0 Å². The smallest absolute Gasteiger partial charge is 0.270 e. The Morgan fingerprint density at radius 2 is 2.33 bits per heavy atom. The molecule has 0 aliphatic carbocycles. The highest BCUT2D eigenvalue weighted by Gasteiger charge is 2.11. The van der Waals surface area contributed by atoms with Crippen LogP contribution in [0, 0.1) is 28.4 Å². The van der Waals surface area contributed by atoms with Gasteiger partial charge in [0, 0.05) is 23.7 Å². The fourth-order valence-corrected chi connectivity index (χ4v) is 1.90. The topological polar surface area (TPSA) is 105 Å². The number of hydrogen-bond acceptors (Lipinski definition) is 7. The molecule has 0 atom stereocenters. The van der Waals surface area contributed by atoms with Crippen molar-refractivity contribution in [3.05, 3.63) is 39.7 Å². The van der Waals surface area contributed by atoms with Crippen molar-refractivity contribution in [2.75, 3.05) is 5.32 Å². The second-order valence-corrected chi connectivity index (χ2v) is 4.12. The molecule has 0 saturated heterocycles. The van der Waals surface area contributed by atoms with E-state index >= 15 is 0 Å². The van der Waals surface area contributed by atoms with Gasteiger partial charge in [0.05, 0.1) is 16.2 Å². The Morgan fingerprint density at radius 1 is 1.56 bits per heavy atom. The van der Waals surface area contributed by atoms with E-state index in [0.717, 1.165) is 11.5 Å². The summed E-state index contributed by atoms with van der Waals surface area (Å²) in [5.41, 5.74) is 0.543. The molecule has 0 bridgehead atoms. The van der Waals surface area contributed by atoms with E-state index in [9.17, 15) is 10.1 Å². The number of benzene rings is 1. The minimum Gasteiger partial charge on any atom is -0.329 e. The van der Waals surface area contributed by atoms with Crippen LogP contribution in [-0.2, 0) is 0 Å². The number of nitro benzene ring substituents is 1. The molecule has 90 valence electrons. The first-order valence-electron chi connectivity index (χ1n) is 4.86. The van der Waals surface area contributed by atoms with Gasteiger partial charge < -0.3 is 5.32 Å². The third-order valence-corrected chi connectivity index (χ3v) is 2.83. The number of nitro groups is 1. The summed E-state index contributed by atoms with van der Waals surface area (Å²) in [6.45, 7) is 1.75. The largest absolute Gasteiger partial charge is 0.329 e. The van der Waals surface area contributed by atoms with E-state index in [-0.39, 0.29) is 11.3 Å². The van der Waals surface area contributed by atoms with Gasteiger partial charge in [0.15, 0.2) is 0 Å². The van der Waals surface area contributed by atoms with Crippen LogP contribution < -0.4 is 5.32 Å². The fourth-order valence-electron chi connectivity index (χ4n) is 1.31. The van der Waals surface area contributed by atoms with Crippen molar-refractivity contribution in [2.24, 2.45) is 0 Å². The Bertz CT molecular complexity index is 646. The summed E-state index contributed by atoms with van der Waals surface area (Å²) >= 11 is 1.16. The molecule has 0 aliphatic rings. The molecule has 1 N–H and O–H groups in total. The molecule has 8 heteroatoms. The van der Waals surface area contributed by atoms with Gasteiger partial charge in [-0.15, -0.1) is 0 Å². The lowest BCUT2D eigenvalue weighted by Crippen LogP contribution is -1.95. The average molecular weight is 261 g/mol. The first kappa shape index (κ1) is 11.9. The van der Waals surface area contributed by atoms with E-state index in [1.54, 1.807) is 6.92 Å². The molecule has 1 heterocycles. The van der Waals surface area contributed by atoms with E-state index < -0.39 is 4.92 Å². The van der Waals surface area contributed by atoms with Crippen LogP contribution in [0.2, 0.25) is 0 Å². The summed E-state index contributed by atoms with van der Waals surface area (Å²) in [4.78, 5) is 14.1. The number of aryl methyl sites for hydroxylation is 1. The highest BCUT2D eigenvalue weighted by molar-refractivity contribution is 7.09. The number of non-ortho nitro benzene ring substituents is 1. The molecule has 18 heavy (non-hydrogen) atoms. The van der Waals surface area contributed by atoms with Crippen LogP contribution in [0.4, 0.5) is 16.5 Å². The zero-order chi connectivity index (χ0) is 13.1. The first-order chi connectivity index (χ1) is 8.60. The zero-order valence-corrected chi connectivity index (χ0v) is 10.1. The molecule has 0 amide bonds. The number of rotatable bonds is 3. The van der Waals surface area contributed by atoms with Crippen LogP contribution in [-0.4, -0.2) is 14.3 Å². The van der Waals surface area contributed by atoms with Crippen LogP contribution >= 0.6 is 11.5 Å². The maximum Gasteiger partial charge on any atom is 0.270 e. The molecule has 0 fully saturated rings. The summed E-state index contributed by atoms with van der Waals surface area (Å²) in [7, 11) is 0. The molecule has 0 saturated carbocycles. The van der Waals surface area contributed by atoms with Crippen molar-refractivity contribution in [1.82, 2.24) is 9.36 Å². The van der Waals surface area contributed by atoms with Crippen LogP contribution in [0.5, 0.6) is 0 Å². The summed E-state index contributed by atoms with van der Waals surface area (Å²) in [6, 6.07) is 5.94. The van der Waals surface area contributed by atoms with Gasteiger partial charge in [-0.25, -0.2) is 4.98 Å².